The topological polar surface area (TPSA) is 66.5 Å². The van der Waals surface area contributed by atoms with E-state index in [1.807, 2.05) is 79.7 Å². The predicted octanol–water partition coefficient (Wildman–Crippen LogP) is 3.70. The molecule has 6 heteroatoms. The molecule has 0 saturated heterocycles. The zero-order valence-corrected chi connectivity index (χ0v) is 16.1. The van der Waals surface area contributed by atoms with Gasteiger partial charge in [-0.15, -0.1) is 0 Å². The van der Waals surface area contributed by atoms with Crippen LogP contribution in [0.1, 0.15) is 10.5 Å². The van der Waals surface area contributed by atoms with Crippen LogP contribution >= 0.6 is 0 Å². The Labute approximate surface area is 165 Å². The minimum Gasteiger partial charge on any atom is -0.492 e. The standard InChI is InChI=1S/C22H24N4O2/c1-26(2)18-9-6-8-17(16-18)24-21-13-7-12-20(25-21)22(27)23-14-15-28-19-10-4-3-5-11-19/h3-13,16H,14-15H2,1-2H3,(H,23,27)(H,24,25). The number of rotatable bonds is 8. The van der Waals surface area contributed by atoms with Crippen LogP contribution in [0.5, 0.6) is 5.75 Å². The van der Waals surface area contributed by atoms with Crippen LogP contribution in [0.4, 0.5) is 17.2 Å². The number of amides is 1. The van der Waals surface area contributed by atoms with Gasteiger partial charge in [0.25, 0.3) is 5.91 Å². The normalized spacial score (nSPS) is 10.2. The Hall–Kier alpha value is -3.54. The quantitative estimate of drug-likeness (QED) is 0.587. The fraction of sp³-hybridized carbons (Fsp3) is 0.182. The van der Waals surface area contributed by atoms with Crippen LogP contribution < -0.4 is 20.3 Å². The highest BCUT2D eigenvalue weighted by Crippen LogP contribution is 2.20. The van der Waals surface area contributed by atoms with Gasteiger partial charge >= 0.3 is 0 Å². The number of anilines is 3. The fourth-order valence-corrected chi connectivity index (χ4v) is 2.58. The lowest BCUT2D eigenvalue weighted by atomic mass is 10.2. The molecule has 28 heavy (non-hydrogen) atoms. The lowest BCUT2D eigenvalue weighted by Gasteiger charge is -2.14. The Morgan fingerprint density at radius 2 is 1.79 bits per heavy atom. The molecule has 0 aliphatic heterocycles. The van der Waals surface area contributed by atoms with Crippen molar-refractivity contribution >= 4 is 23.1 Å². The molecule has 1 heterocycles. The first kappa shape index (κ1) is 19.2. The fourth-order valence-electron chi connectivity index (χ4n) is 2.58. The van der Waals surface area contributed by atoms with Crippen molar-refractivity contribution in [1.82, 2.24) is 10.3 Å². The van der Waals surface area contributed by atoms with Crippen LogP contribution in [0, 0.1) is 0 Å². The SMILES string of the molecule is CN(C)c1cccc(Nc2cccc(C(=O)NCCOc3ccccc3)n2)c1. The Bertz CT molecular complexity index is 913. The second-order valence-electron chi connectivity index (χ2n) is 6.40. The lowest BCUT2D eigenvalue weighted by molar-refractivity contribution is 0.0942. The number of para-hydroxylation sites is 1. The van der Waals surface area contributed by atoms with Crippen LogP contribution in [0.2, 0.25) is 0 Å². The van der Waals surface area contributed by atoms with E-state index in [0.29, 0.717) is 24.7 Å². The van der Waals surface area contributed by atoms with E-state index in [4.69, 9.17) is 4.74 Å². The summed E-state index contributed by atoms with van der Waals surface area (Å²) in [6, 6.07) is 22.8. The van der Waals surface area contributed by atoms with Crippen molar-refractivity contribution in [3.8, 4) is 5.75 Å². The predicted molar refractivity (Wildman–Crippen MR) is 113 cm³/mol. The van der Waals surface area contributed by atoms with Crippen LogP contribution in [-0.4, -0.2) is 38.1 Å². The largest absolute Gasteiger partial charge is 0.492 e. The first-order valence-electron chi connectivity index (χ1n) is 9.09. The highest BCUT2D eigenvalue weighted by Gasteiger charge is 2.08. The van der Waals surface area contributed by atoms with Gasteiger partial charge < -0.3 is 20.3 Å². The number of hydrogen-bond donors (Lipinski definition) is 2. The Balaban J connectivity index is 1.55. The van der Waals surface area contributed by atoms with Crippen molar-refractivity contribution in [2.24, 2.45) is 0 Å². The first-order chi connectivity index (χ1) is 13.6. The number of nitrogens with one attached hydrogen (secondary N) is 2. The first-order valence-corrected chi connectivity index (χ1v) is 9.09. The second-order valence-corrected chi connectivity index (χ2v) is 6.40. The van der Waals surface area contributed by atoms with E-state index in [2.05, 4.69) is 15.6 Å². The number of carbonyl (C=O) groups is 1. The summed E-state index contributed by atoms with van der Waals surface area (Å²) < 4.78 is 5.57. The molecule has 0 radical (unpaired) electrons. The van der Waals surface area contributed by atoms with Crippen LogP contribution in [0.15, 0.2) is 72.8 Å². The highest BCUT2D eigenvalue weighted by molar-refractivity contribution is 5.92. The van der Waals surface area contributed by atoms with Crippen molar-refractivity contribution in [2.45, 2.75) is 0 Å². The van der Waals surface area contributed by atoms with Crippen LogP contribution in [0.3, 0.4) is 0 Å². The Morgan fingerprint density at radius 3 is 2.57 bits per heavy atom. The average molecular weight is 376 g/mol. The molecule has 6 nitrogen and oxygen atoms in total. The molecule has 1 amide bonds. The van der Waals surface area contributed by atoms with Crippen molar-refractivity contribution in [1.29, 1.82) is 0 Å². The maximum Gasteiger partial charge on any atom is 0.270 e. The van der Waals surface area contributed by atoms with Gasteiger partial charge in [0.05, 0.1) is 6.54 Å². The highest BCUT2D eigenvalue weighted by atomic mass is 16.5. The molecule has 3 aromatic rings. The van der Waals surface area contributed by atoms with Gasteiger partial charge in [0.1, 0.15) is 23.9 Å². The number of nitrogens with zero attached hydrogens (tertiary/aromatic N) is 2. The third kappa shape index (κ3) is 5.48. The second kappa shape index (κ2) is 9.41. The van der Waals surface area contributed by atoms with Gasteiger partial charge in [-0.1, -0.05) is 30.3 Å². The number of carbonyl (C=O) groups excluding carboxylic acids is 1. The summed E-state index contributed by atoms with van der Waals surface area (Å²) in [5.74, 6) is 1.16. The van der Waals surface area contributed by atoms with Gasteiger partial charge in [-0.2, -0.15) is 0 Å². The number of pyridine rings is 1. The maximum absolute atomic E-state index is 12.3. The molecule has 0 unspecified atom stereocenters. The molecule has 0 aliphatic carbocycles. The van der Waals surface area contributed by atoms with Crippen molar-refractivity contribution in [3.63, 3.8) is 0 Å². The summed E-state index contributed by atoms with van der Waals surface area (Å²) in [4.78, 5) is 18.8. The van der Waals surface area contributed by atoms with Crippen LogP contribution in [0.25, 0.3) is 0 Å². The van der Waals surface area contributed by atoms with E-state index in [1.165, 1.54) is 0 Å². The zero-order valence-electron chi connectivity index (χ0n) is 16.1. The van der Waals surface area contributed by atoms with Gasteiger partial charge in [-0.3, -0.25) is 4.79 Å². The molecule has 0 fully saturated rings. The summed E-state index contributed by atoms with van der Waals surface area (Å²) in [5.41, 5.74) is 2.35. The molecule has 2 aromatic carbocycles. The van der Waals surface area contributed by atoms with Gasteiger partial charge in [-0.05, 0) is 42.5 Å². The smallest absolute Gasteiger partial charge is 0.270 e. The van der Waals surface area contributed by atoms with Crippen molar-refractivity contribution < 1.29 is 9.53 Å². The Morgan fingerprint density at radius 1 is 1.00 bits per heavy atom. The number of aromatic nitrogens is 1. The van der Waals surface area contributed by atoms with Crippen molar-refractivity contribution in [3.05, 3.63) is 78.5 Å². The third-order valence-electron chi connectivity index (χ3n) is 4.02. The third-order valence-corrected chi connectivity index (χ3v) is 4.02. The van der Waals surface area contributed by atoms with Gasteiger partial charge in [0, 0.05) is 25.5 Å². The van der Waals surface area contributed by atoms with E-state index < -0.39 is 0 Å². The van der Waals surface area contributed by atoms with E-state index in [9.17, 15) is 4.79 Å². The van der Waals surface area contributed by atoms with Gasteiger partial charge in [0.15, 0.2) is 0 Å². The summed E-state index contributed by atoms with van der Waals surface area (Å²) >= 11 is 0. The number of hydrogen-bond acceptors (Lipinski definition) is 5. The molecule has 0 saturated carbocycles. The summed E-state index contributed by atoms with van der Waals surface area (Å²) in [7, 11) is 3.98. The van der Waals surface area contributed by atoms with Gasteiger partial charge in [-0.25, -0.2) is 4.98 Å². The van der Waals surface area contributed by atoms with Crippen molar-refractivity contribution in [2.75, 3.05) is 37.5 Å². The molecular weight excluding hydrogens is 352 g/mol. The molecule has 0 spiro atoms. The van der Waals surface area contributed by atoms with E-state index in [-0.39, 0.29) is 5.91 Å². The number of benzene rings is 2. The molecular formula is C22H24N4O2. The molecule has 0 atom stereocenters. The zero-order chi connectivity index (χ0) is 19.8. The summed E-state index contributed by atoms with van der Waals surface area (Å²) in [6.07, 6.45) is 0. The summed E-state index contributed by atoms with van der Waals surface area (Å²) in [6.45, 7) is 0.795. The van der Waals surface area contributed by atoms with E-state index in [0.717, 1.165) is 17.1 Å². The monoisotopic (exact) mass is 376 g/mol. The summed E-state index contributed by atoms with van der Waals surface area (Å²) in [5, 5.41) is 6.06. The van der Waals surface area contributed by atoms with E-state index in [1.54, 1.807) is 12.1 Å². The minimum absolute atomic E-state index is 0.234. The molecule has 1 aromatic heterocycles. The van der Waals surface area contributed by atoms with Crippen LogP contribution in [-0.2, 0) is 0 Å². The Kier molecular flexibility index (Phi) is 6.46. The molecule has 0 bridgehead atoms. The van der Waals surface area contributed by atoms with Gasteiger partial charge in [0.2, 0.25) is 0 Å². The maximum atomic E-state index is 12.3. The minimum atomic E-state index is -0.234. The molecule has 2 N–H and O–H groups in total. The molecule has 0 aliphatic rings. The lowest BCUT2D eigenvalue weighted by Crippen LogP contribution is -2.28. The van der Waals surface area contributed by atoms with E-state index >= 15 is 0 Å². The number of ether oxygens (including phenoxy) is 1. The molecule has 3 rings (SSSR count). The molecule has 144 valence electrons. The average Bonchev–Trinajstić information content (AvgIpc) is 2.72.